The Morgan fingerprint density at radius 3 is 1.46 bits per heavy atom. The molecule has 61 heavy (non-hydrogen) atoms. The number of fused-ring (bicyclic) bond motifs is 6. The minimum atomic E-state index is -0.188. The number of unbranched alkanes of at least 4 members (excludes halogenated alkanes) is 2. The Balaban J connectivity index is 0.000000139. The Morgan fingerprint density at radius 2 is 0.869 bits per heavy atom. The highest BCUT2D eigenvalue weighted by Crippen LogP contribution is 2.49. The summed E-state index contributed by atoms with van der Waals surface area (Å²) in [5.74, 6) is -0.690. The molecule has 8 nitrogen and oxygen atoms in total. The predicted molar refractivity (Wildman–Crippen MR) is 250 cm³/mol. The number of nitrogens with zero attached hydrogens (tertiary/aromatic N) is 3. The molecule has 4 aliphatic rings. The highest BCUT2D eigenvalue weighted by Gasteiger charge is 2.35. The maximum Gasteiger partial charge on any atom is 0.261 e. The van der Waals surface area contributed by atoms with Gasteiger partial charge in [0.15, 0.2) is 0 Å². The first-order chi connectivity index (χ1) is 29.7. The first-order valence-corrected chi connectivity index (χ1v) is 23.4. The van der Waals surface area contributed by atoms with Crippen LogP contribution in [0.2, 0.25) is 10.0 Å². The fourth-order valence-corrected chi connectivity index (χ4v) is 10.2. The summed E-state index contributed by atoms with van der Waals surface area (Å²) in [6, 6.07) is 42.5. The third kappa shape index (κ3) is 9.27. The fraction of sp³-hybridized carbons (Fsp3) is 0.167. The standard InChI is InChI=1S/C24H19ClN2O2S.C12H12BrNO2.C12H8ClNS/c25-16-11-12-22-20(15-16)26(19-9-3-4-10-21(19)30-22)13-5-6-14-27-23(28)17-7-1-2-8-18(17)24(27)29;13-7-3-4-8-14-11(15)9-5-1-2-6-10(9)12(14)16;13-8-5-6-12-10(7-8)14-9-3-1-2-4-11(9)15-12/h1-4,7-12,15H,5-6,13-14H2;1-2,5-6H,3-4,7-8H2;1-7,14H. The number of hydrogen-bond donors (Lipinski definition) is 1. The van der Waals surface area contributed by atoms with E-state index in [9.17, 15) is 19.2 Å². The number of alkyl halides is 1. The van der Waals surface area contributed by atoms with E-state index >= 15 is 0 Å². The van der Waals surface area contributed by atoms with Crippen LogP contribution in [0.15, 0.2) is 153 Å². The van der Waals surface area contributed by atoms with Gasteiger partial charge in [-0.05, 0) is 111 Å². The molecule has 0 saturated carbocycles. The van der Waals surface area contributed by atoms with E-state index in [0.29, 0.717) is 40.4 Å². The van der Waals surface area contributed by atoms with Crippen LogP contribution >= 0.6 is 62.7 Å². The van der Waals surface area contributed by atoms with Crippen LogP contribution in [0.3, 0.4) is 0 Å². The second-order valence-corrected chi connectivity index (χ2v) is 18.2. The quantitative estimate of drug-likeness (QED) is 0.0869. The number of carbonyl (C=O) groups is 4. The predicted octanol–water partition coefficient (Wildman–Crippen LogP) is 13.0. The van der Waals surface area contributed by atoms with Crippen molar-refractivity contribution in [2.45, 2.75) is 45.3 Å². The Bertz CT molecular complexity index is 2590. The van der Waals surface area contributed by atoms with Crippen LogP contribution in [0, 0.1) is 0 Å². The lowest BCUT2D eigenvalue weighted by Crippen LogP contribution is -2.31. The van der Waals surface area contributed by atoms with Crippen LogP contribution in [0.25, 0.3) is 0 Å². The lowest BCUT2D eigenvalue weighted by Gasteiger charge is -2.33. The molecule has 0 fully saturated rings. The molecule has 0 saturated heterocycles. The van der Waals surface area contributed by atoms with Crippen LogP contribution in [0.5, 0.6) is 0 Å². The molecular weight excluding hydrogens is 911 g/mol. The molecule has 0 bridgehead atoms. The van der Waals surface area contributed by atoms with E-state index in [1.807, 2.05) is 48.5 Å². The molecule has 0 unspecified atom stereocenters. The molecular formula is C48H39BrCl2N4O4S2. The van der Waals surface area contributed by atoms with Crippen LogP contribution in [-0.4, -0.2) is 58.4 Å². The summed E-state index contributed by atoms with van der Waals surface area (Å²) < 4.78 is 0. The number of nitrogens with one attached hydrogen (secondary N) is 1. The molecule has 10 rings (SSSR count). The zero-order valence-corrected chi connectivity index (χ0v) is 37.5. The average molecular weight is 951 g/mol. The van der Waals surface area contributed by atoms with Gasteiger partial charge in [-0.15, -0.1) is 0 Å². The van der Waals surface area contributed by atoms with Gasteiger partial charge in [0.05, 0.1) is 45.0 Å². The lowest BCUT2D eigenvalue weighted by atomic mass is 10.1. The van der Waals surface area contributed by atoms with Crippen LogP contribution in [-0.2, 0) is 0 Å². The van der Waals surface area contributed by atoms with E-state index < -0.39 is 0 Å². The zero-order chi connectivity index (χ0) is 42.5. The summed E-state index contributed by atoms with van der Waals surface area (Å²) in [5.41, 5.74) is 6.59. The van der Waals surface area contributed by atoms with Crippen molar-refractivity contribution in [2.24, 2.45) is 0 Å². The summed E-state index contributed by atoms with van der Waals surface area (Å²) in [4.78, 5) is 58.7. The molecule has 0 radical (unpaired) electrons. The number of rotatable bonds is 9. The first-order valence-electron chi connectivity index (χ1n) is 19.9. The molecule has 6 aromatic carbocycles. The van der Waals surface area contributed by atoms with E-state index in [1.165, 1.54) is 29.4 Å². The Hall–Kier alpha value is -5.04. The molecule has 4 amide bonds. The maximum absolute atomic E-state index is 12.5. The third-order valence-corrected chi connectivity index (χ3v) is 13.8. The second kappa shape index (κ2) is 19.3. The number of hydrogen-bond acceptors (Lipinski definition) is 8. The van der Waals surface area contributed by atoms with Crippen molar-refractivity contribution in [2.75, 3.05) is 35.2 Å². The summed E-state index contributed by atoms with van der Waals surface area (Å²) >= 11 is 19.1. The van der Waals surface area contributed by atoms with Crippen molar-refractivity contribution in [1.29, 1.82) is 0 Å². The normalized spacial score (nSPS) is 14.0. The maximum atomic E-state index is 12.5. The second-order valence-electron chi connectivity index (χ2n) is 14.4. The lowest BCUT2D eigenvalue weighted by molar-refractivity contribution is 0.0636. The monoisotopic (exact) mass is 948 g/mol. The van der Waals surface area contributed by atoms with Gasteiger partial charge >= 0.3 is 0 Å². The SMILES string of the molecule is Clc1ccc2c(c1)Nc1ccccc1S2.O=C1c2ccccc2C(=O)N1CCCCBr.O=C1c2ccccc2C(=O)N1CCCCN1c2ccccc2Sc2ccc(Cl)cc21. The fourth-order valence-electron chi connectivity index (χ4n) is 7.44. The van der Waals surface area contributed by atoms with Crippen LogP contribution in [0.4, 0.5) is 22.7 Å². The van der Waals surface area contributed by atoms with Gasteiger partial charge in [0.1, 0.15) is 0 Å². The van der Waals surface area contributed by atoms with E-state index in [4.69, 9.17) is 23.2 Å². The van der Waals surface area contributed by atoms with Gasteiger partial charge in [-0.25, -0.2) is 0 Å². The van der Waals surface area contributed by atoms with Crippen LogP contribution < -0.4 is 10.2 Å². The molecule has 0 aromatic heterocycles. The summed E-state index contributed by atoms with van der Waals surface area (Å²) in [5, 5.41) is 5.75. The van der Waals surface area contributed by atoms with Gasteiger partial charge in [0.25, 0.3) is 23.6 Å². The van der Waals surface area contributed by atoms with E-state index in [1.54, 1.807) is 72.1 Å². The molecule has 13 heteroatoms. The topological polar surface area (TPSA) is 90.0 Å². The molecule has 1 N–H and O–H groups in total. The van der Waals surface area contributed by atoms with Crippen molar-refractivity contribution in [3.63, 3.8) is 0 Å². The van der Waals surface area contributed by atoms with Crippen molar-refractivity contribution < 1.29 is 19.2 Å². The van der Waals surface area contributed by atoms with Crippen LogP contribution in [0.1, 0.15) is 67.1 Å². The van der Waals surface area contributed by atoms with Gasteiger partial charge in [-0.2, -0.15) is 0 Å². The Morgan fingerprint density at radius 1 is 0.443 bits per heavy atom. The highest BCUT2D eigenvalue weighted by atomic mass is 79.9. The molecule has 0 atom stereocenters. The summed E-state index contributed by atoms with van der Waals surface area (Å²) in [6.07, 6.45) is 3.40. The van der Waals surface area contributed by atoms with Crippen molar-refractivity contribution in [1.82, 2.24) is 9.80 Å². The molecule has 6 aromatic rings. The van der Waals surface area contributed by atoms with Gasteiger partial charge in [-0.3, -0.25) is 29.0 Å². The molecule has 0 spiro atoms. The number of halogens is 3. The number of amides is 4. The van der Waals surface area contributed by atoms with Gasteiger partial charge in [0, 0.05) is 54.6 Å². The minimum absolute atomic E-state index is 0.157. The van der Waals surface area contributed by atoms with Crippen molar-refractivity contribution in [3.8, 4) is 0 Å². The summed E-state index contributed by atoms with van der Waals surface area (Å²) in [6.45, 7) is 1.73. The number of anilines is 4. The summed E-state index contributed by atoms with van der Waals surface area (Å²) in [7, 11) is 0. The zero-order valence-electron chi connectivity index (χ0n) is 32.8. The smallest absolute Gasteiger partial charge is 0.261 e. The van der Waals surface area contributed by atoms with Crippen molar-refractivity contribution in [3.05, 3.63) is 166 Å². The molecule has 4 heterocycles. The molecule has 0 aliphatic carbocycles. The van der Waals surface area contributed by atoms with Gasteiger partial charge in [-0.1, -0.05) is 111 Å². The Labute approximate surface area is 381 Å². The number of benzene rings is 6. The Kier molecular flexibility index (Phi) is 13.5. The minimum Gasteiger partial charge on any atom is -0.354 e. The molecule has 4 aliphatic heterocycles. The van der Waals surface area contributed by atoms with E-state index in [2.05, 4.69) is 62.5 Å². The van der Waals surface area contributed by atoms with Gasteiger partial charge in [0.2, 0.25) is 0 Å². The van der Waals surface area contributed by atoms with E-state index in [-0.39, 0.29) is 23.6 Å². The average Bonchev–Trinajstić information content (AvgIpc) is 3.67. The first kappa shape index (κ1) is 42.6. The van der Waals surface area contributed by atoms with Crippen molar-refractivity contribution >= 4 is 109 Å². The number of carbonyl (C=O) groups excluding carboxylic acids is 4. The number of para-hydroxylation sites is 2. The van der Waals surface area contributed by atoms with E-state index in [0.717, 1.165) is 65.3 Å². The largest absolute Gasteiger partial charge is 0.354 e. The highest BCUT2D eigenvalue weighted by molar-refractivity contribution is 9.09. The van der Waals surface area contributed by atoms with Gasteiger partial charge < -0.3 is 10.2 Å². The third-order valence-electron chi connectivity index (χ3n) is 10.4. The molecule has 308 valence electrons. The number of imide groups is 2.